The molecule has 0 saturated heterocycles. The summed E-state index contributed by atoms with van der Waals surface area (Å²) in [4.78, 5) is 0. The molecule has 84 valence electrons. The summed E-state index contributed by atoms with van der Waals surface area (Å²) in [5.41, 5.74) is -0.0763. The van der Waals surface area contributed by atoms with Crippen molar-refractivity contribution in [2.75, 3.05) is 0 Å². The molecule has 0 fully saturated rings. The lowest BCUT2D eigenvalue weighted by molar-refractivity contribution is 0.0318. The minimum Gasteiger partial charge on any atom is -0.385 e. The third-order valence-electron chi connectivity index (χ3n) is 2.91. The van der Waals surface area contributed by atoms with Crippen LogP contribution in [0.25, 0.3) is 0 Å². The van der Waals surface area contributed by atoms with Crippen molar-refractivity contribution >= 4 is 0 Å². The average molecular weight is 210 g/mol. The second-order valence-corrected chi connectivity index (χ2v) is 4.50. The molecule has 2 atom stereocenters. The van der Waals surface area contributed by atoms with E-state index in [9.17, 15) is 9.50 Å². The standard InChI is InChI=1S/C13H19FO/c1-4-10(2)9-13(3,15)11-5-7-12(14)8-6-11/h5-8,10,15H,4,9H2,1-3H3. The second-order valence-electron chi connectivity index (χ2n) is 4.50. The molecule has 0 bridgehead atoms. The SMILES string of the molecule is CCC(C)CC(C)(O)c1ccc(F)cc1. The largest absolute Gasteiger partial charge is 0.385 e. The van der Waals surface area contributed by atoms with Gasteiger partial charge in [0.05, 0.1) is 5.60 Å². The zero-order chi connectivity index (χ0) is 11.5. The van der Waals surface area contributed by atoms with E-state index < -0.39 is 5.60 Å². The van der Waals surface area contributed by atoms with Gasteiger partial charge in [0, 0.05) is 0 Å². The molecule has 0 saturated carbocycles. The smallest absolute Gasteiger partial charge is 0.123 e. The zero-order valence-corrected chi connectivity index (χ0v) is 9.63. The molecule has 1 rings (SSSR count). The number of aliphatic hydroxyl groups is 1. The molecule has 0 heterocycles. The van der Waals surface area contributed by atoms with Crippen LogP contribution in [-0.4, -0.2) is 5.11 Å². The maximum Gasteiger partial charge on any atom is 0.123 e. The summed E-state index contributed by atoms with van der Waals surface area (Å²) in [6.07, 6.45) is 1.74. The second kappa shape index (κ2) is 4.75. The number of benzene rings is 1. The van der Waals surface area contributed by atoms with Crippen molar-refractivity contribution < 1.29 is 9.50 Å². The minimum atomic E-state index is -0.858. The van der Waals surface area contributed by atoms with E-state index in [0.29, 0.717) is 12.3 Å². The number of hydrogen-bond acceptors (Lipinski definition) is 1. The van der Waals surface area contributed by atoms with Crippen LogP contribution in [0.3, 0.4) is 0 Å². The monoisotopic (exact) mass is 210 g/mol. The van der Waals surface area contributed by atoms with Crippen LogP contribution in [0.1, 0.15) is 39.2 Å². The minimum absolute atomic E-state index is 0.266. The van der Waals surface area contributed by atoms with Crippen LogP contribution in [0.5, 0.6) is 0 Å². The van der Waals surface area contributed by atoms with E-state index in [2.05, 4.69) is 13.8 Å². The van der Waals surface area contributed by atoms with Gasteiger partial charge in [0.2, 0.25) is 0 Å². The first-order chi connectivity index (χ1) is 6.95. The van der Waals surface area contributed by atoms with Gasteiger partial charge in [-0.15, -0.1) is 0 Å². The highest BCUT2D eigenvalue weighted by molar-refractivity contribution is 5.22. The summed E-state index contributed by atoms with van der Waals surface area (Å²) in [6, 6.07) is 6.08. The van der Waals surface area contributed by atoms with E-state index in [0.717, 1.165) is 12.0 Å². The van der Waals surface area contributed by atoms with E-state index in [1.165, 1.54) is 12.1 Å². The summed E-state index contributed by atoms with van der Waals surface area (Å²) >= 11 is 0. The van der Waals surface area contributed by atoms with Gasteiger partial charge in [0.1, 0.15) is 5.82 Å². The predicted molar refractivity (Wildman–Crippen MR) is 60.0 cm³/mol. The molecule has 0 aromatic heterocycles. The molecule has 0 amide bonds. The lowest BCUT2D eigenvalue weighted by Gasteiger charge is -2.26. The summed E-state index contributed by atoms with van der Waals surface area (Å²) in [7, 11) is 0. The van der Waals surface area contributed by atoms with Gasteiger partial charge in [-0.2, -0.15) is 0 Å². The van der Waals surface area contributed by atoms with Gasteiger partial charge in [0.15, 0.2) is 0 Å². The summed E-state index contributed by atoms with van der Waals surface area (Å²) in [5, 5.41) is 10.3. The Morgan fingerprint density at radius 2 is 1.87 bits per heavy atom. The predicted octanol–water partition coefficient (Wildman–Crippen LogP) is 3.47. The fraction of sp³-hybridized carbons (Fsp3) is 0.538. The highest BCUT2D eigenvalue weighted by Gasteiger charge is 2.24. The zero-order valence-electron chi connectivity index (χ0n) is 9.63. The Kier molecular flexibility index (Phi) is 3.86. The quantitative estimate of drug-likeness (QED) is 0.806. The summed E-state index contributed by atoms with van der Waals surface area (Å²) < 4.78 is 12.7. The Morgan fingerprint density at radius 3 is 2.33 bits per heavy atom. The third-order valence-corrected chi connectivity index (χ3v) is 2.91. The van der Waals surface area contributed by atoms with Crippen LogP contribution < -0.4 is 0 Å². The molecule has 1 aromatic rings. The third kappa shape index (κ3) is 3.31. The van der Waals surface area contributed by atoms with Gasteiger partial charge in [-0.3, -0.25) is 0 Å². The molecule has 0 spiro atoms. The molecule has 2 heteroatoms. The molecule has 1 nitrogen and oxygen atoms in total. The van der Waals surface area contributed by atoms with Gasteiger partial charge in [-0.25, -0.2) is 4.39 Å². The van der Waals surface area contributed by atoms with E-state index in [4.69, 9.17) is 0 Å². The molecule has 2 unspecified atom stereocenters. The number of hydrogen-bond donors (Lipinski definition) is 1. The van der Waals surface area contributed by atoms with E-state index in [-0.39, 0.29) is 5.82 Å². The van der Waals surface area contributed by atoms with Gasteiger partial charge in [0.25, 0.3) is 0 Å². The molecule has 0 aliphatic rings. The fourth-order valence-corrected chi connectivity index (χ4v) is 1.75. The molecule has 1 N–H and O–H groups in total. The maximum absolute atomic E-state index is 12.7. The number of halogens is 1. The Balaban J connectivity index is 2.80. The van der Waals surface area contributed by atoms with Crippen molar-refractivity contribution in [1.29, 1.82) is 0 Å². The van der Waals surface area contributed by atoms with Crippen LogP contribution in [0.4, 0.5) is 4.39 Å². The molecule has 15 heavy (non-hydrogen) atoms. The molecule has 1 aromatic carbocycles. The van der Waals surface area contributed by atoms with Crippen molar-refractivity contribution in [3.05, 3.63) is 35.6 Å². The first kappa shape index (κ1) is 12.2. The molecular formula is C13H19FO. The van der Waals surface area contributed by atoms with Crippen LogP contribution in [0.15, 0.2) is 24.3 Å². The van der Waals surface area contributed by atoms with Crippen molar-refractivity contribution in [2.45, 2.75) is 39.2 Å². The molecular weight excluding hydrogens is 191 g/mol. The maximum atomic E-state index is 12.7. The number of rotatable bonds is 4. The lowest BCUT2D eigenvalue weighted by Crippen LogP contribution is -2.23. The highest BCUT2D eigenvalue weighted by atomic mass is 19.1. The highest BCUT2D eigenvalue weighted by Crippen LogP contribution is 2.29. The Bertz CT molecular complexity index is 303. The van der Waals surface area contributed by atoms with E-state index in [1.54, 1.807) is 19.1 Å². The molecule has 0 aliphatic heterocycles. The van der Waals surface area contributed by atoms with Crippen LogP contribution in [0, 0.1) is 11.7 Å². The first-order valence-electron chi connectivity index (χ1n) is 5.44. The Labute approximate surface area is 90.9 Å². The van der Waals surface area contributed by atoms with E-state index in [1.807, 2.05) is 0 Å². The normalized spacial score (nSPS) is 17.1. The first-order valence-corrected chi connectivity index (χ1v) is 5.44. The van der Waals surface area contributed by atoms with Crippen LogP contribution >= 0.6 is 0 Å². The van der Waals surface area contributed by atoms with Gasteiger partial charge >= 0.3 is 0 Å². The van der Waals surface area contributed by atoms with Crippen molar-refractivity contribution in [2.24, 2.45) is 5.92 Å². The van der Waals surface area contributed by atoms with Crippen LogP contribution in [0.2, 0.25) is 0 Å². The van der Waals surface area contributed by atoms with Crippen molar-refractivity contribution in [1.82, 2.24) is 0 Å². The van der Waals surface area contributed by atoms with Crippen LogP contribution in [-0.2, 0) is 5.60 Å². The van der Waals surface area contributed by atoms with Gasteiger partial charge in [-0.1, -0.05) is 32.4 Å². The lowest BCUT2D eigenvalue weighted by atomic mass is 9.86. The molecule has 0 radical (unpaired) electrons. The average Bonchev–Trinajstić information content (AvgIpc) is 2.17. The topological polar surface area (TPSA) is 20.2 Å². The van der Waals surface area contributed by atoms with Crippen molar-refractivity contribution in [3.8, 4) is 0 Å². The Morgan fingerprint density at radius 1 is 1.33 bits per heavy atom. The molecule has 0 aliphatic carbocycles. The van der Waals surface area contributed by atoms with Gasteiger partial charge in [-0.05, 0) is 37.0 Å². The Hall–Kier alpha value is -0.890. The van der Waals surface area contributed by atoms with Crippen molar-refractivity contribution in [3.63, 3.8) is 0 Å². The van der Waals surface area contributed by atoms with E-state index >= 15 is 0 Å². The fourth-order valence-electron chi connectivity index (χ4n) is 1.75. The summed E-state index contributed by atoms with van der Waals surface area (Å²) in [6.45, 7) is 6.00. The van der Waals surface area contributed by atoms with Gasteiger partial charge < -0.3 is 5.11 Å². The summed E-state index contributed by atoms with van der Waals surface area (Å²) in [5.74, 6) is 0.197.